The summed E-state index contributed by atoms with van der Waals surface area (Å²) in [6.07, 6.45) is 8.02. The predicted octanol–water partition coefficient (Wildman–Crippen LogP) is 3.43. The first-order valence-electron chi connectivity index (χ1n) is 6.76. The Balaban J connectivity index is 1.88. The Kier molecular flexibility index (Phi) is 4.56. The summed E-state index contributed by atoms with van der Waals surface area (Å²) in [4.78, 5) is 4.89. The van der Waals surface area contributed by atoms with Crippen molar-refractivity contribution in [1.82, 2.24) is 5.32 Å². The largest absolute Gasteiger partial charge is 0.362 e. The van der Waals surface area contributed by atoms with Crippen molar-refractivity contribution in [3.63, 3.8) is 0 Å². The maximum Gasteiger partial charge on any atom is 0.157 e. The summed E-state index contributed by atoms with van der Waals surface area (Å²) in [6.45, 7) is 4.50. The zero-order valence-electron chi connectivity index (χ0n) is 10.5. The van der Waals surface area contributed by atoms with Crippen LogP contribution < -0.4 is 5.32 Å². The highest BCUT2D eigenvalue weighted by molar-refractivity contribution is 8.13. The number of rotatable bonds is 3. The van der Waals surface area contributed by atoms with E-state index in [1.54, 1.807) is 0 Å². The molecule has 16 heavy (non-hydrogen) atoms. The molecule has 92 valence electrons. The fourth-order valence-corrected chi connectivity index (χ4v) is 3.98. The summed E-state index contributed by atoms with van der Waals surface area (Å²) in [7, 11) is 0. The van der Waals surface area contributed by atoms with Gasteiger partial charge in [0.25, 0.3) is 0 Å². The van der Waals surface area contributed by atoms with Crippen molar-refractivity contribution in [2.45, 2.75) is 64.5 Å². The van der Waals surface area contributed by atoms with Crippen LogP contribution in [-0.2, 0) is 0 Å². The first-order valence-corrected chi connectivity index (χ1v) is 7.75. The third-order valence-corrected chi connectivity index (χ3v) is 4.77. The average Bonchev–Trinajstić information content (AvgIpc) is 2.29. The van der Waals surface area contributed by atoms with Gasteiger partial charge in [-0.25, -0.2) is 0 Å². The molecule has 0 aromatic rings. The SMILES string of the molecule is CCCC(C)NC1=NC2CCCCC2CS1. The summed E-state index contributed by atoms with van der Waals surface area (Å²) in [5, 5.41) is 4.78. The molecule has 1 saturated carbocycles. The van der Waals surface area contributed by atoms with Crippen molar-refractivity contribution in [1.29, 1.82) is 0 Å². The molecule has 0 saturated heterocycles. The molecule has 2 aliphatic rings. The molecule has 0 aromatic heterocycles. The van der Waals surface area contributed by atoms with E-state index in [4.69, 9.17) is 4.99 Å². The van der Waals surface area contributed by atoms with Gasteiger partial charge in [-0.15, -0.1) is 0 Å². The number of nitrogens with zero attached hydrogens (tertiary/aromatic N) is 1. The Morgan fingerprint density at radius 3 is 3.06 bits per heavy atom. The summed E-state index contributed by atoms with van der Waals surface area (Å²) in [5.74, 6) is 2.15. The van der Waals surface area contributed by atoms with E-state index in [0.717, 1.165) is 5.92 Å². The summed E-state index contributed by atoms with van der Waals surface area (Å²) < 4.78 is 0. The van der Waals surface area contributed by atoms with Crippen LogP contribution in [0.5, 0.6) is 0 Å². The smallest absolute Gasteiger partial charge is 0.157 e. The first kappa shape index (κ1) is 12.3. The third kappa shape index (κ3) is 3.16. The molecule has 3 heteroatoms. The number of fused-ring (bicyclic) bond motifs is 1. The average molecular weight is 240 g/mol. The van der Waals surface area contributed by atoms with E-state index in [1.807, 2.05) is 11.8 Å². The number of nitrogens with one attached hydrogen (secondary N) is 1. The quantitative estimate of drug-likeness (QED) is 0.817. The topological polar surface area (TPSA) is 24.4 Å². The highest BCUT2D eigenvalue weighted by Crippen LogP contribution is 2.33. The monoisotopic (exact) mass is 240 g/mol. The van der Waals surface area contributed by atoms with Crippen molar-refractivity contribution in [2.75, 3.05) is 5.75 Å². The van der Waals surface area contributed by atoms with Crippen LogP contribution in [0, 0.1) is 5.92 Å². The lowest BCUT2D eigenvalue weighted by Gasteiger charge is -2.33. The number of thioether (sulfide) groups is 1. The van der Waals surface area contributed by atoms with Gasteiger partial charge >= 0.3 is 0 Å². The number of hydrogen-bond acceptors (Lipinski definition) is 3. The molecule has 1 heterocycles. The van der Waals surface area contributed by atoms with Gasteiger partial charge in [0.05, 0.1) is 6.04 Å². The molecule has 1 aliphatic carbocycles. The first-order chi connectivity index (χ1) is 7.79. The van der Waals surface area contributed by atoms with Gasteiger partial charge in [-0.05, 0) is 32.1 Å². The molecule has 0 amide bonds. The van der Waals surface area contributed by atoms with Gasteiger partial charge in [0.1, 0.15) is 0 Å². The molecule has 0 bridgehead atoms. The standard InChI is InChI=1S/C13H24N2S/c1-3-6-10(2)14-13-15-12-8-5-4-7-11(12)9-16-13/h10-12H,3-9H2,1-2H3,(H,14,15). The van der Waals surface area contributed by atoms with Crippen LogP contribution in [0.2, 0.25) is 0 Å². The molecule has 0 radical (unpaired) electrons. The normalized spacial score (nSPS) is 31.5. The Labute approximate surface area is 104 Å². The zero-order valence-corrected chi connectivity index (χ0v) is 11.4. The maximum atomic E-state index is 4.89. The molecule has 1 aliphatic heterocycles. The highest BCUT2D eigenvalue weighted by Gasteiger charge is 2.29. The van der Waals surface area contributed by atoms with Crippen LogP contribution in [0.1, 0.15) is 52.4 Å². The summed E-state index contributed by atoms with van der Waals surface area (Å²) in [6, 6.07) is 1.21. The molecular formula is C13H24N2S. The molecular weight excluding hydrogens is 216 g/mol. The Bertz CT molecular complexity index is 252. The second kappa shape index (κ2) is 5.95. The van der Waals surface area contributed by atoms with Crippen LogP contribution in [-0.4, -0.2) is 23.0 Å². The van der Waals surface area contributed by atoms with Gasteiger partial charge < -0.3 is 5.32 Å². The molecule has 2 nitrogen and oxygen atoms in total. The van der Waals surface area contributed by atoms with E-state index in [-0.39, 0.29) is 0 Å². The van der Waals surface area contributed by atoms with E-state index >= 15 is 0 Å². The van der Waals surface area contributed by atoms with Gasteiger partial charge in [0.2, 0.25) is 0 Å². The van der Waals surface area contributed by atoms with Crippen molar-refractivity contribution in [3.8, 4) is 0 Å². The Hall–Kier alpha value is -0.180. The second-order valence-corrected chi connectivity index (χ2v) is 6.20. The van der Waals surface area contributed by atoms with Crippen molar-refractivity contribution < 1.29 is 0 Å². The lowest BCUT2D eigenvalue weighted by Crippen LogP contribution is -2.38. The minimum absolute atomic E-state index is 0.580. The van der Waals surface area contributed by atoms with Gasteiger partial charge in [-0.1, -0.05) is 37.9 Å². The molecule has 1 N–H and O–H groups in total. The molecule has 3 unspecified atom stereocenters. The Morgan fingerprint density at radius 1 is 1.44 bits per heavy atom. The van der Waals surface area contributed by atoms with Crippen LogP contribution in [0.4, 0.5) is 0 Å². The zero-order chi connectivity index (χ0) is 11.4. The summed E-state index contributed by atoms with van der Waals surface area (Å²) in [5.41, 5.74) is 0. The van der Waals surface area contributed by atoms with E-state index in [1.165, 1.54) is 49.4 Å². The van der Waals surface area contributed by atoms with Crippen molar-refractivity contribution >= 4 is 16.9 Å². The van der Waals surface area contributed by atoms with E-state index in [2.05, 4.69) is 19.2 Å². The van der Waals surface area contributed by atoms with Gasteiger partial charge in [-0.2, -0.15) is 0 Å². The van der Waals surface area contributed by atoms with Crippen LogP contribution >= 0.6 is 11.8 Å². The van der Waals surface area contributed by atoms with Crippen LogP contribution in [0.3, 0.4) is 0 Å². The molecule has 0 spiro atoms. The molecule has 1 fully saturated rings. The predicted molar refractivity (Wildman–Crippen MR) is 73.1 cm³/mol. The minimum atomic E-state index is 0.580. The highest BCUT2D eigenvalue weighted by atomic mass is 32.2. The fraction of sp³-hybridized carbons (Fsp3) is 0.923. The lowest BCUT2D eigenvalue weighted by molar-refractivity contribution is 0.335. The lowest BCUT2D eigenvalue weighted by atomic mass is 9.86. The van der Waals surface area contributed by atoms with E-state index < -0.39 is 0 Å². The third-order valence-electron chi connectivity index (χ3n) is 3.68. The van der Waals surface area contributed by atoms with Gasteiger partial charge in [0.15, 0.2) is 5.17 Å². The number of aliphatic imine (C=N–C) groups is 1. The van der Waals surface area contributed by atoms with Crippen LogP contribution in [0.25, 0.3) is 0 Å². The minimum Gasteiger partial charge on any atom is -0.362 e. The number of amidine groups is 1. The fourth-order valence-electron chi connectivity index (χ4n) is 2.72. The van der Waals surface area contributed by atoms with Crippen LogP contribution in [0.15, 0.2) is 4.99 Å². The van der Waals surface area contributed by atoms with Crippen molar-refractivity contribution in [3.05, 3.63) is 0 Å². The van der Waals surface area contributed by atoms with Gasteiger partial charge in [-0.3, -0.25) is 4.99 Å². The second-order valence-electron chi connectivity index (χ2n) is 5.19. The molecule has 3 atom stereocenters. The molecule has 0 aromatic carbocycles. The molecule has 2 rings (SSSR count). The van der Waals surface area contributed by atoms with Crippen molar-refractivity contribution in [2.24, 2.45) is 10.9 Å². The van der Waals surface area contributed by atoms with E-state index in [0.29, 0.717) is 12.1 Å². The maximum absolute atomic E-state index is 4.89. The summed E-state index contributed by atoms with van der Waals surface area (Å²) >= 11 is 1.94. The van der Waals surface area contributed by atoms with Gasteiger partial charge in [0, 0.05) is 11.8 Å². The Morgan fingerprint density at radius 2 is 2.25 bits per heavy atom. The van der Waals surface area contributed by atoms with E-state index in [9.17, 15) is 0 Å². The number of hydrogen-bond donors (Lipinski definition) is 1.